The highest BCUT2D eigenvalue weighted by Crippen LogP contribution is 2.30. The highest BCUT2D eigenvalue weighted by atomic mass is 16.6. The molecule has 0 aliphatic heterocycles. The number of aliphatic hydroxyl groups is 1. The molecule has 1 amide bonds. The molecule has 0 spiro atoms. The number of benzene rings is 1. The number of aliphatic hydroxyl groups excluding tert-OH is 1. The standard InChI is InChI=1S/C17H22N2O6/c20-10-9-18(14-6-2-1-3-7-14)16(22)12-25-15-8-4-5-13(11-21)17(15)19(23)24/h4-5,8,11,14,20H,1-3,6-7,9-10,12H2. The van der Waals surface area contributed by atoms with E-state index in [0.717, 1.165) is 32.1 Å². The van der Waals surface area contributed by atoms with Crippen molar-refractivity contribution in [3.8, 4) is 5.75 Å². The van der Waals surface area contributed by atoms with E-state index in [1.54, 1.807) is 4.90 Å². The van der Waals surface area contributed by atoms with Crippen LogP contribution in [0.25, 0.3) is 0 Å². The van der Waals surface area contributed by atoms with E-state index in [0.29, 0.717) is 6.29 Å². The van der Waals surface area contributed by atoms with E-state index in [9.17, 15) is 24.8 Å². The Balaban J connectivity index is 2.09. The Kier molecular flexibility index (Phi) is 6.88. The second kappa shape index (κ2) is 9.12. The molecule has 0 aromatic heterocycles. The van der Waals surface area contributed by atoms with Crippen molar-refractivity contribution in [3.05, 3.63) is 33.9 Å². The molecule has 1 fully saturated rings. The number of para-hydroxylation sites is 1. The van der Waals surface area contributed by atoms with Crippen molar-refractivity contribution in [1.29, 1.82) is 0 Å². The van der Waals surface area contributed by atoms with Gasteiger partial charge in [-0.2, -0.15) is 0 Å². The van der Waals surface area contributed by atoms with Crippen LogP contribution in [-0.2, 0) is 4.79 Å². The lowest BCUT2D eigenvalue weighted by molar-refractivity contribution is -0.386. The van der Waals surface area contributed by atoms with E-state index in [-0.39, 0.29) is 43.0 Å². The Morgan fingerprint density at radius 2 is 2.08 bits per heavy atom. The summed E-state index contributed by atoms with van der Waals surface area (Å²) in [4.78, 5) is 35.5. The van der Waals surface area contributed by atoms with Crippen LogP contribution < -0.4 is 4.74 Å². The molecular weight excluding hydrogens is 328 g/mol. The molecule has 0 radical (unpaired) electrons. The van der Waals surface area contributed by atoms with Crippen LogP contribution >= 0.6 is 0 Å². The zero-order valence-electron chi connectivity index (χ0n) is 13.9. The number of rotatable bonds is 8. The van der Waals surface area contributed by atoms with Gasteiger partial charge in [0.2, 0.25) is 0 Å². The second-order valence-corrected chi connectivity index (χ2v) is 5.96. The zero-order valence-corrected chi connectivity index (χ0v) is 13.9. The highest BCUT2D eigenvalue weighted by Gasteiger charge is 2.27. The van der Waals surface area contributed by atoms with E-state index in [4.69, 9.17) is 4.74 Å². The molecule has 1 N–H and O–H groups in total. The maximum absolute atomic E-state index is 12.5. The third-order valence-corrected chi connectivity index (χ3v) is 4.37. The van der Waals surface area contributed by atoms with Crippen LogP contribution in [0, 0.1) is 10.1 Å². The number of nitro groups is 1. The van der Waals surface area contributed by atoms with Crippen molar-refractivity contribution in [2.24, 2.45) is 0 Å². The molecule has 25 heavy (non-hydrogen) atoms. The first-order valence-corrected chi connectivity index (χ1v) is 8.34. The molecule has 1 aromatic rings. The molecule has 0 saturated heterocycles. The van der Waals surface area contributed by atoms with Crippen LogP contribution in [0.1, 0.15) is 42.5 Å². The Bertz CT molecular complexity index is 628. The quantitative estimate of drug-likeness (QED) is 0.436. The Morgan fingerprint density at radius 3 is 2.68 bits per heavy atom. The first-order valence-electron chi connectivity index (χ1n) is 8.34. The van der Waals surface area contributed by atoms with Crippen molar-refractivity contribution < 1.29 is 24.4 Å². The van der Waals surface area contributed by atoms with Crippen molar-refractivity contribution in [2.45, 2.75) is 38.1 Å². The summed E-state index contributed by atoms with van der Waals surface area (Å²) in [6.45, 7) is -0.313. The van der Waals surface area contributed by atoms with Crippen LogP contribution in [0.3, 0.4) is 0 Å². The van der Waals surface area contributed by atoms with Crippen LogP contribution in [0.5, 0.6) is 5.75 Å². The summed E-state index contributed by atoms with van der Waals surface area (Å²) in [7, 11) is 0. The average molecular weight is 350 g/mol. The van der Waals surface area contributed by atoms with Gasteiger partial charge in [-0.05, 0) is 25.0 Å². The van der Waals surface area contributed by atoms with E-state index in [1.807, 2.05) is 0 Å². The van der Waals surface area contributed by atoms with Gasteiger partial charge in [0.1, 0.15) is 0 Å². The Labute approximate surface area is 145 Å². The predicted octanol–water partition coefficient (Wildman–Crippen LogP) is 1.94. The number of hydrogen-bond acceptors (Lipinski definition) is 6. The number of carbonyl (C=O) groups is 2. The minimum atomic E-state index is -0.698. The maximum Gasteiger partial charge on any atom is 0.321 e. The summed E-state index contributed by atoms with van der Waals surface area (Å²) in [5.41, 5.74) is -0.550. The fourth-order valence-electron chi connectivity index (χ4n) is 3.18. The first kappa shape index (κ1) is 18.9. The normalized spacial score (nSPS) is 14.8. The lowest BCUT2D eigenvalue weighted by atomic mass is 9.94. The van der Waals surface area contributed by atoms with Crippen LogP contribution in [0.15, 0.2) is 18.2 Å². The molecule has 0 atom stereocenters. The maximum atomic E-state index is 12.5. The minimum Gasteiger partial charge on any atom is -0.477 e. The van der Waals surface area contributed by atoms with Crippen molar-refractivity contribution in [2.75, 3.05) is 19.8 Å². The van der Waals surface area contributed by atoms with Gasteiger partial charge in [-0.25, -0.2) is 0 Å². The van der Waals surface area contributed by atoms with Crippen LogP contribution in [-0.4, -0.2) is 52.9 Å². The largest absolute Gasteiger partial charge is 0.477 e. The van der Waals surface area contributed by atoms with Crippen LogP contribution in [0.4, 0.5) is 5.69 Å². The third-order valence-electron chi connectivity index (χ3n) is 4.37. The molecule has 1 aliphatic rings. The number of nitrogens with zero attached hydrogens (tertiary/aromatic N) is 2. The predicted molar refractivity (Wildman–Crippen MR) is 89.7 cm³/mol. The van der Waals surface area contributed by atoms with Gasteiger partial charge in [0.05, 0.1) is 17.1 Å². The molecular formula is C17H22N2O6. The number of nitro benzene ring substituents is 1. The second-order valence-electron chi connectivity index (χ2n) is 5.96. The number of aldehydes is 1. The molecule has 0 bridgehead atoms. The molecule has 1 aromatic carbocycles. The van der Waals surface area contributed by atoms with Gasteiger partial charge in [0, 0.05) is 12.6 Å². The summed E-state index contributed by atoms with van der Waals surface area (Å²) >= 11 is 0. The monoisotopic (exact) mass is 350 g/mol. The van der Waals surface area contributed by atoms with Gasteiger partial charge in [0.25, 0.3) is 5.91 Å². The first-order chi connectivity index (χ1) is 12.1. The van der Waals surface area contributed by atoms with Crippen molar-refractivity contribution in [3.63, 3.8) is 0 Å². The fourth-order valence-corrected chi connectivity index (χ4v) is 3.18. The van der Waals surface area contributed by atoms with Gasteiger partial charge in [-0.1, -0.05) is 25.3 Å². The van der Waals surface area contributed by atoms with Gasteiger partial charge >= 0.3 is 5.69 Å². The van der Waals surface area contributed by atoms with Gasteiger partial charge in [-0.15, -0.1) is 0 Å². The van der Waals surface area contributed by atoms with E-state index >= 15 is 0 Å². The number of carbonyl (C=O) groups excluding carboxylic acids is 2. The summed E-state index contributed by atoms with van der Waals surface area (Å²) in [5.74, 6) is -0.442. The zero-order chi connectivity index (χ0) is 18.2. The van der Waals surface area contributed by atoms with Crippen molar-refractivity contribution >= 4 is 17.9 Å². The van der Waals surface area contributed by atoms with E-state index < -0.39 is 10.6 Å². The molecule has 8 heteroatoms. The Morgan fingerprint density at radius 1 is 1.36 bits per heavy atom. The summed E-state index contributed by atoms with van der Waals surface area (Å²) < 4.78 is 5.35. The molecule has 0 heterocycles. The summed E-state index contributed by atoms with van der Waals surface area (Å²) in [5, 5.41) is 20.4. The van der Waals surface area contributed by atoms with Gasteiger partial charge in [0.15, 0.2) is 18.6 Å². The van der Waals surface area contributed by atoms with E-state index in [1.165, 1.54) is 18.2 Å². The molecule has 8 nitrogen and oxygen atoms in total. The van der Waals surface area contributed by atoms with E-state index in [2.05, 4.69) is 0 Å². The van der Waals surface area contributed by atoms with Crippen molar-refractivity contribution in [1.82, 2.24) is 4.90 Å². The summed E-state index contributed by atoms with van der Waals surface area (Å²) in [6.07, 6.45) is 5.35. The highest BCUT2D eigenvalue weighted by molar-refractivity contribution is 5.84. The SMILES string of the molecule is O=Cc1cccc(OCC(=O)N(CCO)C2CCCCC2)c1[N+](=O)[O-]. The number of ether oxygens (including phenoxy) is 1. The number of amides is 1. The van der Waals surface area contributed by atoms with Gasteiger partial charge in [-0.3, -0.25) is 19.7 Å². The van der Waals surface area contributed by atoms with Gasteiger partial charge < -0.3 is 14.7 Å². The lowest BCUT2D eigenvalue weighted by Crippen LogP contribution is -2.45. The smallest absolute Gasteiger partial charge is 0.321 e. The minimum absolute atomic E-state index is 0.0632. The molecule has 1 saturated carbocycles. The summed E-state index contributed by atoms with van der Waals surface area (Å²) in [6, 6.07) is 4.20. The molecule has 1 aliphatic carbocycles. The third kappa shape index (κ3) is 4.76. The average Bonchev–Trinajstić information content (AvgIpc) is 2.64. The molecule has 136 valence electrons. The number of hydrogen-bond donors (Lipinski definition) is 1. The molecule has 2 rings (SSSR count). The lowest BCUT2D eigenvalue weighted by Gasteiger charge is -2.33. The topological polar surface area (TPSA) is 110 Å². The Hall–Kier alpha value is -2.48. The fraction of sp³-hybridized carbons (Fsp3) is 0.529. The van der Waals surface area contributed by atoms with Crippen LogP contribution in [0.2, 0.25) is 0 Å². The molecule has 0 unspecified atom stereocenters.